The Bertz CT molecular complexity index is 1700. The van der Waals surface area contributed by atoms with Gasteiger partial charge >= 0.3 is 311 Å². The Morgan fingerprint density at radius 1 is 0.377 bits per heavy atom. The second-order valence-corrected chi connectivity index (χ2v) is 18.3. The maximum absolute atomic E-state index is 6.46. The first-order valence-electron chi connectivity index (χ1n) is 16.2. The van der Waals surface area contributed by atoms with Crippen molar-refractivity contribution in [2.24, 2.45) is 0 Å². The van der Waals surface area contributed by atoms with Crippen molar-refractivity contribution in [2.75, 3.05) is 64.0 Å². The molecule has 9 nitrogen and oxygen atoms in total. The molecule has 1 aliphatic carbocycles. The zero-order chi connectivity index (χ0) is 37.5. The van der Waals surface area contributed by atoms with Crippen molar-refractivity contribution < 1.29 is 100 Å². The maximum Gasteiger partial charge on any atom is -1.00 e. The maximum atomic E-state index is 6.46. The Balaban J connectivity index is 0.00000468. The van der Waals surface area contributed by atoms with Crippen molar-refractivity contribution >= 4 is 23.6 Å². The topological polar surface area (TPSA) is 83.1 Å². The van der Waals surface area contributed by atoms with Gasteiger partial charge in [-0.05, 0) is 0 Å². The number of ether oxygens (including phenoxy) is 9. The molecule has 3 aromatic rings. The monoisotopic (exact) mass is 844 g/mol. The molecule has 4 rings (SSSR count). The summed E-state index contributed by atoms with van der Waals surface area (Å²) in [7, 11) is 11.1. The summed E-state index contributed by atoms with van der Waals surface area (Å²) in [6.07, 6.45) is 0. The zero-order valence-corrected chi connectivity index (χ0v) is 38.4. The van der Waals surface area contributed by atoms with Gasteiger partial charge in [0, 0.05) is 0 Å². The van der Waals surface area contributed by atoms with Crippen LogP contribution >= 0.6 is 0 Å². The minimum atomic E-state index is -3.76. The SMILES string of the molecule is COc1c(C)cc([Si](c2cc(C)c(OC)c(OC)c2OC)(c2cc(C)c(OC)c(OC)c2OC)[C]2([Ti+3])C(C)=C(C)C(C)=C2C)c(OC)c1OC.[Cl-].[Cl-].[Cl-]. The van der Waals surface area contributed by atoms with Gasteiger partial charge in [-0.25, -0.2) is 0 Å². The van der Waals surface area contributed by atoms with Gasteiger partial charge in [-0.15, -0.1) is 0 Å². The van der Waals surface area contributed by atoms with Crippen LogP contribution in [0.5, 0.6) is 51.7 Å². The summed E-state index contributed by atoms with van der Waals surface area (Å²) in [4.78, 5) is 0. The Kier molecular flexibility index (Phi) is 16.9. The molecule has 0 N–H and O–H groups in total. The smallest absolute Gasteiger partial charge is 1.00 e. The molecule has 0 atom stereocenters. The fourth-order valence-corrected chi connectivity index (χ4v) is 17.1. The van der Waals surface area contributed by atoms with E-state index in [1.54, 1.807) is 64.0 Å². The van der Waals surface area contributed by atoms with Crippen molar-refractivity contribution in [3.63, 3.8) is 0 Å². The van der Waals surface area contributed by atoms with Crippen molar-refractivity contribution in [1.29, 1.82) is 0 Å². The molecule has 53 heavy (non-hydrogen) atoms. The number of hydrogen-bond donors (Lipinski definition) is 0. The molecule has 14 heteroatoms. The minimum absolute atomic E-state index is 0. The predicted octanol–water partition coefficient (Wildman–Crippen LogP) is -2.90. The molecule has 0 amide bonds. The van der Waals surface area contributed by atoms with E-state index in [2.05, 4.69) is 66.3 Å². The molecule has 0 unspecified atom stereocenters. The van der Waals surface area contributed by atoms with Crippen LogP contribution in [0.15, 0.2) is 40.5 Å². The summed E-state index contributed by atoms with van der Waals surface area (Å²) in [5, 5.41) is 2.77. The molecular formula is C39H51Cl3O9SiTi. The molecule has 0 saturated heterocycles. The molecule has 3 aromatic carbocycles. The van der Waals surface area contributed by atoms with Gasteiger partial charge in [0.15, 0.2) is 0 Å². The number of rotatable bonds is 13. The van der Waals surface area contributed by atoms with Crippen LogP contribution in [0.25, 0.3) is 0 Å². The van der Waals surface area contributed by atoms with Crippen LogP contribution in [-0.2, 0) is 20.4 Å². The molecule has 0 bridgehead atoms. The fraction of sp³-hybridized carbons (Fsp3) is 0.436. The standard InChI is InChI=1S/C39H51O9Si.3ClH.Ti/c1-20-17-27(33(43-11)36(46-14)30(20)40-8)49(39-25(6)23(4)24(5)26(39)7,28-18-21(2)31(41-9)37(47-15)34(28)44-12)29-19-22(3)32(42-10)38(48-16)35(29)45-13;;;;/h17-19H,1-16H3;3*1H;/q;;;;+3/p-3. The molecule has 0 heterocycles. The Morgan fingerprint density at radius 3 is 0.774 bits per heavy atom. The quantitative estimate of drug-likeness (QED) is 0.133. The third-order valence-corrected chi connectivity index (χ3v) is 18.9. The van der Waals surface area contributed by atoms with E-state index in [0.29, 0.717) is 51.7 Å². The fourth-order valence-electron chi connectivity index (χ4n) is 8.03. The van der Waals surface area contributed by atoms with E-state index >= 15 is 0 Å². The Morgan fingerprint density at radius 2 is 0.585 bits per heavy atom. The zero-order valence-electron chi connectivity index (χ0n) is 33.5. The van der Waals surface area contributed by atoms with E-state index in [9.17, 15) is 0 Å². The van der Waals surface area contributed by atoms with Crippen LogP contribution in [0.3, 0.4) is 0 Å². The first kappa shape index (κ1) is 48.2. The third kappa shape index (κ3) is 6.86. The van der Waals surface area contributed by atoms with Gasteiger partial charge in [-0.3, -0.25) is 0 Å². The number of hydrogen-bond acceptors (Lipinski definition) is 9. The van der Waals surface area contributed by atoms with Gasteiger partial charge in [-0.1, -0.05) is 0 Å². The van der Waals surface area contributed by atoms with Gasteiger partial charge in [0.05, 0.1) is 0 Å². The average Bonchev–Trinajstić information content (AvgIpc) is 3.26. The van der Waals surface area contributed by atoms with E-state index in [-0.39, 0.29) is 37.2 Å². The van der Waals surface area contributed by atoms with Crippen LogP contribution < -0.4 is 95.4 Å². The van der Waals surface area contributed by atoms with Crippen LogP contribution in [-0.4, -0.2) is 72.1 Å². The first-order chi connectivity index (χ1) is 23.7. The molecule has 290 valence electrons. The van der Waals surface area contributed by atoms with E-state index < -0.39 is 11.4 Å². The van der Waals surface area contributed by atoms with Crippen LogP contribution in [0, 0.1) is 20.8 Å². The van der Waals surface area contributed by atoms with Crippen LogP contribution in [0.4, 0.5) is 0 Å². The molecule has 0 aliphatic heterocycles. The molecule has 0 spiro atoms. The summed E-state index contributed by atoms with van der Waals surface area (Å²) in [6.45, 7) is 14.9. The molecule has 1 aliphatic rings. The van der Waals surface area contributed by atoms with Gasteiger partial charge in [0.2, 0.25) is 0 Å². The van der Waals surface area contributed by atoms with Gasteiger partial charge < -0.3 is 37.2 Å². The number of methoxy groups -OCH3 is 9. The largest absolute Gasteiger partial charge is 1.00 e. The summed E-state index contributed by atoms with van der Waals surface area (Å²) < 4.78 is 55.0. The molecule has 0 saturated carbocycles. The van der Waals surface area contributed by atoms with Gasteiger partial charge in [0.1, 0.15) is 0 Å². The first-order valence-corrected chi connectivity index (χ1v) is 19.0. The van der Waals surface area contributed by atoms with Crippen LogP contribution in [0.2, 0.25) is 3.34 Å². The van der Waals surface area contributed by atoms with E-state index in [0.717, 1.165) is 32.3 Å². The van der Waals surface area contributed by atoms with E-state index in [1.165, 1.54) is 22.3 Å². The van der Waals surface area contributed by atoms with Crippen molar-refractivity contribution in [3.8, 4) is 51.7 Å². The number of benzene rings is 3. The summed E-state index contributed by atoms with van der Waals surface area (Å²) in [6, 6.07) is 6.54. The number of aryl methyl sites for hydroxylation is 3. The Labute approximate surface area is 346 Å². The second kappa shape index (κ2) is 18.7. The molecule has 0 radical (unpaired) electrons. The predicted molar refractivity (Wildman–Crippen MR) is 197 cm³/mol. The molecular weight excluding hydrogens is 795 g/mol. The third-order valence-electron chi connectivity index (χ3n) is 10.6. The summed E-state index contributed by atoms with van der Waals surface area (Å²) >= 11 is 2.34. The Hall–Kier alpha value is -2.86. The van der Waals surface area contributed by atoms with Crippen molar-refractivity contribution in [2.45, 2.75) is 51.8 Å². The summed E-state index contributed by atoms with van der Waals surface area (Å²) in [5.41, 5.74) is 7.53. The second-order valence-electron chi connectivity index (χ2n) is 12.5. The van der Waals surface area contributed by atoms with Crippen molar-refractivity contribution in [1.82, 2.24) is 0 Å². The number of halogens is 3. The minimum Gasteiger partial charge on any atom is -1.00 e. The van der Waals surface area contributed by atoms with E-state index in [1.807, 2.05) is 20.8 Å². The molecule has 0 aromatic heterocycles. The van der Waals surface area contributed by atoms with Gasteiger partial charge in [-0.2, -0.15) is 0 Å². The average molecular weight is 846 g/mol. The summed E-state index contributed by atoms with van der Waals surface area (Å²) in [5.74, 6) is 4.90. The van der Waals surface area contributed by atoms with Gasteiger partial charge in [0.25, 0.3) is 0 Å². The van der Waals surface area contributed by atoms with Crippen LogP contribution in [0.1, 0.15) is 44.4 Å². The molecule has 0 fully saturated rings. The normalized spacial score (nSPS) is 13.3. The van der Waals surface area contributed by atoms with E-state index in [4.69, 9.17) is 42.6 Å². The van der Waals surface area contributed by atoms with Crippen molar-refractivity contribution in [3.05, 3.63) is 57.2 Å². The number of allylic oxidation sites excluding steroid dienone is 4.